The third kappa shape index (κ3) is 5.94. The fourth-order valence-corrected chi connectivity index (χ4v) is 5.13. The minimum absolute atomic E-state index is 0.00275. The zero-order valence-electron chi connectivity index (χ0n) is 18.7. The number of carbonyl (C=O) groups is 2. The van der Waals surface area contributed by atoms with Gasteiger partial charge in [-0.05, 0) is 31.9 Å². The third-order valence-corrected chi connectivity index (χ3v) is 7.27. The number of aromatic nitrogens is 1. The Morgan fingerprint density at radius 3 is 2.83 bits per heavy atom. The van der Waals surface area contributed by atoms with Gasteiger partial charge in [-0.25, -0.2) is 18.6 Å². The SMILES string of the molecule is CC(Oc1cc2sc(NC(=O)NCCCN3CCCC3=O)nc2cc1F)c1c(F)ccc(Cl)c1Cl. The lowest BCUT2D eigenvalue weighted by atomic mass is 10.1. The lowest BCUT2D eigenvalue weighted by Crippen LogP contribution is -2.32. The van der Waals surface area contributed by atoms with Crippen LogP contribution in [0.5, 0.6) is 5.75 Å². The highest BCUT2D eigenvalue weighted by Crippen LogP contribution is 2.37. The van der Waals surface area contributed by atoms with Gasteiger partial charge in [0, 0.05) is 43.8 Å². The maximum atomic E-state index is 14.7. The van der Waals surface area contributed by atoms with Gasteiger partial charge >= 0.3 is 6.03 Å². The summed E-state index contributed by atoms with van der Waals surface area (Å²) in [6, 6.07) is 4.67. The minimum Gasteiger partial charge on any atom is -0.483 e. The average Bonchev–Trinajstić information content (AvgIpc) is 3.39. The Kier molecular flexibility index (Phi) is 7.93. The van der Waals surface area contributed by atoms with E-state index < -0.39 is 23.8 Å². The second-order valence-electron chi connectivity index (χ2n) is 8.01. The first-order valence-corrected chi connectivity index (χ1v) is 12.5. The Morgan fingerprint density at radius 2 is 2.09 bits per heavy atom. The van der Waals surface area contributed by atoms with Gasteiger partial charge in [-0.3, -0.25) is 10.1 Å². The molecule has 1 aromatic heterocycles. The first-order chi connectivity index (χ1) is 16.7. The Bertz CT molecular complexity index is 1270. The lowest BCUT2D eigenvalue weighted by molar-refractivity contribution is -0.127. The normalized spacial score (nSPS) is 14.4. The van der Waals surface area contributed by atoms with E-state index in [4.69, 9.17) is 27.9 Å². The van der Waals surface area contributed by atoms with Crippen molar-refractivity contribution >= 4 is 61.8 Å². The van der Waals surface area contributed by atoms with E-state index in [1.807, 2.05) is 0 Å². The molecule has 2 heterocycles. The number of rotatable bonds is 8. The Hall–Kier alpha value is -2.69. The van der Waals surface area contributed by atoms with Crippen LogP contribution in [0.3, 0.4) is 0 Å². The van der Waals surface area contributed by atoms with Gasteiger partial charge in [-0.2, -0.15) is 0 Å². The summed E-state index contributed by atoms with van der Waals surface area (Å²) < 4.78 is 35.2. The van der Waals surface area contributed by atoms with E-state index in [1.165, 1.54) is 31.2 Å². The molecule has 2 N–H and O–H groups in total. The van der Waals surface area contributed by atoms with Crippen molar-refractivity contribution in [3.8, 4) is 5.75 Å². The maximum absolute atomic E-state index is 14.7. The molecule has 1 aliphatic heterocycles. The van der Waals surface area contributed by atoms with E-state index in [0.717, 1.165) is 24.3 Å². The fraction of sp³-hybridized carbons (Fsp3) is 0.348. The van der Waals surface area contributed by atoms with Crippen LogP contribution < -0.4 is 15.4 Å². The summed E-state index contributed by atoms with van der Waals surface area (Å²) in [6.07, 6.45) is 1.19. The van der Waals surface area contributed by atoms with Crippen LogP contribution in [0, 0.1) is 11.6 Å². The van der Waals surface area contributed by atoms with Gasteiger partial charge in [-0.15, -0.1) is 0 Å². The van der Waals surface area contributed by atoms with Crippen molar-refractivity contribution in [3.63, 3.8) is 0 Å². The molecule has 1 saturated heterocycles. The number of thiazole rings is 1. The summed E-state index contributed by atoms with van der Waals surface area (Å²) in [5, 5.41) is 5.79. The molecule has 35 heavy (non-hydrogen) atoms. The smallest absolute Gasteiger partial charge is 0.321 e. The standard InChI is InChI=1S/C23H22Cl2F2N4O3S/c1-12(20-14(26)6-5-13(24)21(20)25)34-17-11-18-16(10-15(17)27)29-23(35-18)30-22(33)28-7-3-9-31-8-2-4-19(31)32/h5-6,10-12H,2-4,7-9H2,1H3,(H2,28,29,30,33). The van der Waals surface area contributed by atoms with E-state index in [0.29, 0.717) is 36.1 Å². The molecule has 1 fully saturated rings. The van der Waals surface area contributed by atoms with Crippen LogP contribution in [-0.4, -0.2) is 41.5 Å². The van der Waals surface area contributed by atoms with Crippen molar-refractivity contribution < 1.29 is 23.1 Å². The molecule has 3 amide bonds. The van der Waals surface area contributed by atoms with Gasteiger partial charge in [0.15, 0.2) is 16.7 Å². The number of hydrogen-bond acceptors (Lipinski definition) is 5. The second kappa shape index (κ2) is 10.9. The van der Waals surface area contributed by atoms with Gasteiger partial charge in [0.2, 0.25) is 5.91 Å². The number of nitrogens with one attached hydrogen (secondary N) is 2. The van der Waals surface area contributed by atoms with Crippen molar-refractivity contribution in [1.29, 1.82) is 0 Å². The zero-order chi connectivity index (χ0) is 25.1. The predicted molar refractivity (Wildman–Crippen MR) is 132 cm³/mol. The van der Waals surface area contributed by atoms with E-state index in [-0.39, 0.29) is 32.4 Å². The highest BCUT2D eigenvalue weighted by atomic mass is 35.5. The molecule has 0 bridgehead atoms. The van der Waals surface area contributed by atoms with Crippen LogP contribution >= 0.6 is 34.5 Å². The number of ether oxygens (including phenoxy) is 1. The average molecular weight is 543 g/mol. The van der Waals surface area contributed by atoms with Gasteiger partial charge in [-0.1, -0.05) is 34.5 Å². The fourth-order valence-electron chi connectivity index (χ4n) is 3.79. The number of anilines is 1. The van der Waals surface area contributed by atoms with Crippen LogP contribution in [0.2, 0.25) is 10.0 Å². The van der Waals surface area contributed by atoms with Gasteiger partial charge in [0.25, 0.3) is 0 Å². The summed E-state index contributed by atoms with van der Waals surface area (Å²) in [5.74, 6) is -1.28. The molecule has 0 spiro atoms. The number of halogens is 4. The molecule has 4 rings (SSSR count). The molecule has 0 radical (unpaired) electrons. The Balaban J connectivity index is 1.38. The summed E-state index contributed by atoms with van der Waals surface area (Å²) in [5.41, 5.74) is 0.360. The zero-order valence-corrected chi connectivity index (χ0v) is 21.0. The largest absolute Gasteiger partial charge is 0.483 e. The summed E-state index contributed by atoms with van der Waals surface area (Å²) >= 11 is 13.2. The van der Waals surface area contributed by atoms with Crippen LogP contribution in [0.25, 0.3) is 10.2 Å². The molecule has 0 aliphatic carbocycles. The number of fused-ring (bicyclic) bond motifs is 1. The first kappa shape index (κ1) is 25.4. The number of benzene rings is 2. The lowest BCUT2D eigenvalue weighted by Gasteiger charge is -2.18. The number of nitrogens with zero attached hydrogens (tertiary/aromatic N) is 2. The van der Waals surface area contributed by atoms with Crippen molar-refractivity contribution in [3.05, 3.63) is 51.5 Å². The monoisotopic (exact) mass is 542 g/mol. The van der Waals surface area contributed by atoms with Crippen molar-refractivity contribution in [2.75, 3.05) is 25.0 Å². The number of carbonyl (C=O) groups excluding carboxylic acids is 2. The Morgan fingerprint density at radius 1 is 1.29 bits per heavy atom. The molecule has 3 aromatic rings. The maximum Gasteiger partial charge on any atom is 0.321 e. The van der Waals surface area contributed by atoms with Crippen molar-refractivity contribution in [2.45, 2.75) is 32.3 Å². The minimum atomic E-state index is -0.916. The number of amides is 3. The quantitative estimate of drug-likeness (QED) is 0.264. The van der Waals surface area contributed by atoms with E-state index in [1.54, 1.807) is 4.90 Å². The van der Waals surface area contributed by atoms with Crippen LogP contribution in [0.15, 0.2) is 24.3 Å². The third-order valence-electron chi connectivity index (χ3n) is 5.51. The van der Waals surface area contributed by atoms with Crippen molar-refractivity contribution in [2.24, 2.45) is 0 Å². The number of likely N-dealkylation sites (tertiary alicyclic amines) is 1. The number of hydrogen-bond donors (Lipinski definition) is 2. The summed E-state index contributed by atoms with van der Waals surface area (Å²) in [6.45, 7) is 3.30. The van der Waals surface area contributed by atoms with Crippen molar-refractivity contribution in [1.82, 2.24) is 15.2 Å². The highest BCUT2D eigenvalue weighted by molar-refractivity contribution is 7.22. The molecule has 12 heteroatoms. The highest BCUT2D eigenvalue weighted by Gasteiger charge is 2.22. The molecule has 7 nitrogen and oxygen atoms in total. The van der Waals surface area contributed by atoms with E-state index >= 15 is 0 Å². The summed E-state index contributed by atoms with van der Waals surface area (Å²) in [4.78, 5) is 29.8. The topological polar surface area (TPSA) is 83.6 Å². The van der Waals surface area contributed by atoms with Gasteiger partial charge in [0.1, 0.15) is 11.9 Å². The molecule has 186 valence electrons. The molecular formula is C23H22Cl2F2N4O3S. The molecule has 1 aliphatic rings. The van der Waals surface area contributed by atoms with Crippen LogP contribution in [-0.2, 0) is 4.79 Å². The summed E-state index contributed by atoms with van der Waals surface area (Å²) in [7, 11) is 0. The molecule has 2 aromatic carbocycles. The Labute approximate surface area is 214 Å². The van der Waals surface area contributed by atoms with Crippen LogP contribution in [0.1, 0.15) is 37.9 Å². The molecule has 1 atom stereocenters. The van der Waals surface area contributed by atoms with Crippen LogP contribution in [0.4, 0.5) is 18.7 Å². The molecule has 0 saturated carbocycles. The van der Waals surface area contributed by atoms with Gasteiger partial charge in [0.05, 0.1) is 20.3 Å². The molecular weight excluding hydrogens is 521 g/mol. The van der Waals surface area contributed by atoms with E-state index in [9.17, 15) is 18.4 Å². The first-order valence-electron chi connectivity index (χ1n) is 11.0. The van der Waals surface area contributed by atoms with Gasteiger partial charge < -0.3 is 15.0 Å². The number of urea groups is 1. The predicted octanol–water partition coefficient (Wildman–Crippen LogP) is 6.16. The molecule has 1 unspecified atom stereocenters. The second-order valence-corrected chi connectivity index (χ2v) is 9.82. The van der Waals surface area contributed by atoms with E-state index in [2.05, 4.69) is 15.6 Å².